The van der Waals surface area contributed by atoms with E-state index in [4.69, 9.17) is 23.2 Å². The molecule has 92 valence electrons. The first-order valence-electron chi connectivity index (χ1n) is 5.13. The second kappa shape index (κ2) is 5.33. The summed E-state index contributed by atoms with van der Waals surface area (Å²) in [6.07, 6.45) is 1.52. The number of nitrogens with zero attached hydrogens (tertiary/aromatic N) is 2. The number of hydrogen-bond donors (Lipinski definition) is 1. The quantitative estimate of drug-likeness (QED) is 0.859. The molecule has 4 nitrogen and oxygen atoms in total. The first-order chi connectivity index (χ1) is 8.58. The molecule has 0 aliphatic rings. The molecule has 0 aromatic carbocycles. The number of carbonyl (C=O) groups is 1. The van der Waals surface area contributed by atoms with Gasteiger partial charge in [-0.2, -0.15) is 0 Å². The van der Waals surface area contributed by atoms with Crippen molar-refractivity contribution < 1.29 is 4.79 Å². The molecule has 0 bridgehead atoms. The average Bonchev–Trinajstić information content (AvgIpc) is 2.33. The fourth-order valence-electron chi connectivity index (χ4n) is 1.41. The Morgan fingerprint density at radius 2 is 2.06 bits per heavy atom. The van der Waals surface area contributed by atoms with Crippen molar-refractivity contribution in [2.24, 2.45) is 0 Å². The van der Waals surface area contributed by atoms with Crippen LogP contribution in [0.1, 0.15) is 16.1 Å². The lowest BCUT2D eigenvalue weighted by atomic mass is 10.2. The van der Waals surface area contributed by atoms with Gasteiger partial charge < -0.3 is 5.32 Å². The van der Waals surface area contributed by atoms with Gasteiger partial charge in [0.2, 0.25) is 0 Å². The number of pyridine rings is 2. The van der Waals surface area contributed by atoms with Gasteiger partial charge in [-0.3, -0.25) is 4.79 Å². The van der Waals surface area contributed by atoms with Gasteiger partial charge in [0, 0.05) is 6.20 Å². The van der Waals surface area contributed by atoms with E-state index < -0.39 is 0 Å². The van der Waals surface area contributed by atoms with Crippen LogP contribution in [-0.4, -0.2) is 15.9 Å². The van der Waals surface area contributed by atoms with Crippen LogP contribution in [0.15, 0.2) is 30.5 Å². The van der Waals surface area contributed by atoms with Gasteiger partial charge in [-0.05, 0) is 31.2 Å². The summed E-state index contributed by atoms with van der Waals surface area (Å²) in [6, 6.07) is 6.54. The number of amides is 1. The van der Waals surface area contributed by atoms with Crippen molar-refractivity contribution in [1.82, 2.24) is 9.97 Å². The van der Waals surface area contributed by atoms with Crippen molar-refractivity contribution in [3.05, 3.63) is 52.0 Å². The minimum absolute atomic E-state index is 0.162. The highest BCUT2D eigenvalue weighted by molar-refractivity contribution is 6.33. The maximum atomic E-state index is 12.0. The van der Waals surface area contributed by atoms with Crippen LogP contribution in [0.3, 0.4) is 0 Å². The largest absolute Gasteiger partial charge is 0.320 e. The summed E-state index contributed by atoms with van der Waals surface area (Å²) in [6.45, 7) is 1.76. The second-order valence-corrected chi connectivity index (χ2v) is 4.31. The average molecular weight is 282 g/mol. The zero-order valence-electron chi connectivity index (χ0n) is 9.45. The van der Waals surface area contributed by atoms with Gasteiger partial charge in [0.15, 0.2) is 0 Å². The fourth-order valence-corrected chi connectivity index (χ4v) is 1.80. The first kappa shape index (κ1) is 12.8. The Bertz CT molecular complexity index is 602. The third kappa shape index (κ3) is 2.78. The van der Waals surface area contributed by atoms with E-state index in [9.17, 15) is 4.79 Å². The van der Waals surface area contributed by atoms with E-state index in [1.54, 1.807) is 31.2 Å². The van der Waals surface area contributed by atoms with Gasteiger partial charge in [0.25, 0.3) is 5.91 Å². The van der Waals surface area contributed by atoms with E-state index in [-0.39, 0.29) is 11.1 Å². The molecule has 0 spiro atoms. The van der Waals surface area contributed by atoms with Crippen molar-refractivity contribution in [1.29, 1.82) is 0 Å². The van der Waals surface area contributed by atoms with Crippen LogP contribution < -0.4 is 5.32 Å². The first-order valence-corrected chi connectivity index (χ1v) is 5.88. The Kier molecular flexibility index (Phi) is 3.79. The smallest absolute Gasteiger partial charge is 0.258 e. The number of halogens is 2. The van der Waals surface area contributed by atoms with Crippen molar-refractivity contribution in [2.75, 3.05) is 5.32 Å². The van der Waals surface area contributed by atoms with E-state index in [1.807, 2.05) is 0 Å². The number of nitrogens with one attached hydrogen (secondary N) is 1. The summed E-state index contributed by atoms with van der Waals surface area (Å²) in [4.78, 5) is 19.9. The van der Waals surface area contributed by atoms with Gasteiger partial charge in [-0.25, -0.2) is 9.97 Å². The highest BCUT2D eigenvalue weighted by Crippen LogP contribution is 2.18. The number of carbonyl (C=O) groups excluding carboxylic acids is 1. The van der Waals surface area contributed by atoms with E-state index >= 15 is 0 Å². The molecule has 0 fully saturated rings. The topological polar surface area (TPSA) is 54.9 Å². The minimum Gasteiger partial charge on any atom is -0.320 e. The van der Waals surface area contributed by atoms with Crippen LogP contribution in [0.5, 0.6) is 0 Å². The molecule has 0 aliphatic carbocycles. The molecular formula is C12H9Cl2N3O. The normalized spacial score (nSPS) is 10.2. The molecule has 0 radical (unpaired) electrons. The van der Waals surface area contributed by atoms with Crippen LogP contribution in [0, 0.1) is 6.92 Å². The molecule has 0 aliphatic heterocycles. The molecule has 0 atom stereocenters. The van der Waals surface area contributed by atoms with E-state index in [2.05, 4.69) is 15.3 Å². The monoisotopic (exact) mass is 281 g/mol. The van der Waals surface area contributed by atoms with Gasteiger partial charge in [0.05, 0.1) is 16.9 Å². The van der Waals surface area contributed by atoms with Crippen LogP contribution in [-0.2, 0) is 0 Å². The van der Waals surface area contributed by atoms with Crippen molar-refractivity contribution >= 4 is 34.8 Å². The van der Waals surface area contributed by atoms with Gasteiger partial charge in [0.1, 0.15) is 10.3 Å². The fraction of sp³-hybridized carbons (Fsp3) is 0.0833. The maximum Gasteiger partial charge on any atom is 0.258 e. The molecular weight excluding hydrogens is 273 g/mol. The summed E-state index contributed by atoms with van der Waals surface area (Å²) >= 11 is 11.6. The van der Waals surface area contributed by atoms with Gasteiger partial charge in [-0.15, -0.1) is 0 Å². The van der Waals surface area contributed by atoms with E-state index in [1.165, 1.54) is 6.20 Å². The molecule has 2 rings (SSSR count). The molecule has 2 aromatic heterocycles. The molecule has 2 heterocycles. The third-order valence-electron chi connectivity index (χ3n) is 2.30. The standard InChI is InChI=1S/C12H9Cl2N3O/c1-7-9(4-5-10(13)16-7)17-12(18)8-3-2-6-15-11(8)14/h2-6H,1H3,(H,17,18). The van der Waals surface area contributed by atoms with Crippen molar-refractivity contribution in [3.8, 4) is 0 Å². The summed E-state index contributed by atoms with van der Waals surface area (Å²) < 4.78 is 0. The van der Waals surface area contributed by atoms with Crippen LogP contribution in [0.4, 0.5) is 5.69 Å². The zero-order valence-corrected chi connectivity index (χ0v) is 11.0. The molecule has 2 aromatic rings. The Balaban J connectivity index is 2.24. The van der Waals surface area contributed by atoms with E-state index in [0.29, 0.717) is 22.1 Å². The lowest BCUT2D eigenvalue weighted by Crippen LogP contribution is -2.14. The number of aromatic nitrogens is 2. The number of anilines is 1. The summed E-state index contributed by atoms with van der Waals surface area (Å²) in [7, 11) is 0. The molecule has 0 unspecified atom stereocenters. The Morgan fingerprint density at radius 3 is 2.72 bits per heavy atom. The summed E-state index contributed by atoms with van der Waals surface area (Å²) in [5.41, 5.74) is 1.54. The highest BCUT2D eigenvalue weighted by Gasteiger charge is 2.12. The summed E-state index contributed by atoms with van der Waals surface area (Å²) in [5.74, 6) is -0.333. The molecule has 1 N–H and O–H groups in total. The Morgan fingerprint density at radius 1 is 1.28 bits per heavy atom. The number of hydrogen-bond acceptors (Lipinski definition) is 3. The third-order valence-corrected chi connectivity index (χ3v) is 2.82. The Hall–Kier alpha value is -1.65. The molecule has 18 heavy (non-hydrogen) atoms. The maximum absolute atomic E-state index is 12.0. The van der Waals surface area contributed by atoms with Gasteiger partial charge in [-0.1, -0.05) is 23.2 Å². The van der Waals surface area contributed by atoms with Crippen molar-refractivity contribution in [2.45, 2.75) is 6.92 Å². The van der Waals surface area contributed by atoms with Crippen LogP contribution >= 0.6 is 23.2 Å². The number of rotatable bonds is 2. The molecule has 0 saturated heterocycles. The highest BCUT2D eigenvalue weighted by atomic mass is 35.5. The molecule has 0 saturated carbocycles. The molecule has 6 heteroatoms. The predicted octanol–water partition coefficient (Wildman–Crippen LogP) is 3.34. The lowest BCUT2D eigenvalue weighted by Gasteiger charge is -2.08. The predicted molar refractivity (Wildman–Crippen MR) is 71.2 cm³/mol. The minimum atomic E-state index is -0.333. The zero-order chi connectivity index (χ0) is 13.1. The number of aryl methyl sites for hydroxylation is 1. The molecule has 1 amide bonds. The van der Waals surface area contributed by atoms with Crippen LogP contribution in [0.2, 0.25) is 10.3 Å². The van der Waals surface area contributed by atoms with Crippen molar-refractivity contribution in [3.63, 3.8) is 0 Å². The lowest BCUT2D eigenvalue weighted by molar-refractivity contribution is 0.102. The second-order valence-electron chi connectivity index (χ2n) is 3.56. The summed E-state index contributed by atoms with van der Waals surface area (Å²) in [5, 5.41) is 3.25. The van der Waals surface area contributed by atoms with E-state index in [0.717, 1.165) is 0 Å². The van der Waals surface area contributed by atoms with Crippen LogP contribution in [0.25, 0.3) is 0 Å². The SMILES string of the molecule is Cc1nc(Cl)ccc1NC(=O)c1cccnc1Cl. The Labute approximate surface area is 114 Å². The van der Waals surface area contributed by atoms with Gasteiger partial charge >= 0.3 is 0 Å².